The number of likely N-dealkylation sites (tertiary alicyclic amines) is 1. The molecule has 2 heterocycles. The van der Waals surface area contributed by atoms with Gasteiger partial charge in [-0.05, 0) is 37.1 Å². The molecule has 3 N–H and O–H groups in total. The maximum absolute atomic E-state index is 12.7. The van der Waals surface area contributed by atoms with E-state index in [1.165, 1.54) is 11.3 Å². The van der Waals surface area contributed by atoms with Crippen molar-refractivity contribution in [1.82, 2.24) is 15.2 Å². The second-order valence-corrected chi connectivity index (χ2v) is 8.62. The van der Waals surface area contributed by atoms with Crippen molar-refractivity contribution in [3.63, 3.8) is 0 Å². The van der Waals surface area contributed by atoms with E-state index in [2.05, 4.69) is 20.9 Å². The Hall–Kier alpha value is -3.72. The zero-order valence-corrected chi connectivity index (χ0v) is 18.8. The highest BCUT2D eigenvalue weighted by molar-refractivity contribution is 7.14. The minimum Gasteiger partial charge on any atom is -0.342 e. The van der Waals surface area contributed by atoms with E-state index in [1.54, 1.807) is 34.5 Å². The summed E-state index contributed by atoms with van der Waals surface area (Å²) in [5, 5.41) is 10.8. The van der Waals surface area contributed by atoms with Crippen LogP contribution in [0.1, 0.15) is 28.9 Å². The molecular formula is C24H25N5O3S. The van der Waals surface area contributed by atoms with Gasteiger partial charge in [-0.3, -0.25) is 14.9 Å². The number of aromatic nitrogens is 1. The lowest BCUT2D eigenvalue weighted by Crippen LogP contribution is -2.47. The highest BCUT2D eigenvalue weighted by Gasteiger charge is 2.24. The number of amides is 4. The molecule has 0 radical (unpaired) electrons. The van der Waals surface area contributed by atoms with Gasteiger partial charge in [0, 0.05) is 35.8 Å². The fraction of sp³-hybridized carbons (Fsp3) is 0.250. The van der Waals surface area contributed by atoms with Crippen molar-refractivity contribution in [3.8, 4) is 0 Å². The van der Waals surface area contributed by atoms with E-state index in [1.807, 2.05) is 36.4 Å². The second kappa shape index (κ2) is 10.7. The van der Waals surface area contributed by atoms with Crippen LogP contribution in [0.15, 0.2) is 66.0 Å². The summed E-state index contributed by atoms with van der Waals surface area (Å²) >= 11 is 1.30. The topological polar surface area (TPSA) is 103 Å². The van der Waals surface area contributed by atoms with Crippen molar-refractivity contribution in [2.75, 3.05) is 23.7 Å². The van der Waals surface area contributed by atoms with Gasteiger partial charge in [0.1, 0.15) is 0 Å². The van der Waals surface area contributed by atoms with Crippen molar-refractivity contribution in [2.24, 2.45) is 0 Å². The van der Waals surface area contributed by atoms with Gasteiger partial charge in [0.15, 0.2) is 5.13 Å². The quantitative estimate of drug-likeness (QED) is 0.518. The van der Waals surface area contributed by atoms with E-state index in [-0.39, 0.29) is 30.3 Å². The first-order chi connectivity index (χ1) is 16.1. The Kier molecular flexibility index (Phi) is 7.31. The van der Waals surface area contributed by atoms with Gasteiger partial charge in [-0.2, -0.15) is 0 Å². The third-order valence-corrected chi connectivity index (χ3v) is 6.16. The van der Waals surface area contributed by atoms with Crippen LogP contribution in [0.25, 0.3) is 0 Å². The van der Waals surface area contributed by atoms with E-state index < -0.39 is 0 Å². The number of benzene rings is 2. The number of anilines is 2. The number of hydrogen-bond donors (Lipinski definition) is 3. The summed E-state index contributed by atoms with van der Waals surface area (Å²) in [6, 6.07) is 18.0. The van der Waals surface area contributed by atoms with Gasteiger partial charge in [-0.1, -0.05) is 36.4 Å². The molecule has 33 heavy (non-hydrogen) atoms. The number of para-hydroxylation sites is 1. The maximum Gasteiger partial charge on any atom is 0.319 e. The molecule has 1 saturated heterocycles. The average molecular weight is 464 g/mol. The number of carbonyl (C=O) groups excluding carboxylic acids is 3. The summed E-state index contributed by atoms with van der Waals surface area (Å²) < 4.78 is 0. The van der Waals surface area contributed by atoms with Crippen LogP contribution in [0.2, 0.25) is 0 Å². The third-order valence-electron chi connectivity index (χ3n) is 5.36. The molecule has 0 spiro atoms. The Morgan fingerprint density at radius 2 is 1.61 bits per heavy atom. The van der Waals surface area contributed by atoms with E-state index in [0.717, 1.165) is 5.69 Å². The van der Waals surface area contributed by atoms with Crippen molar-refractivity contribution < 1.29 is 14.4 Å². The Labute approximate surface area is 196 Å². The number of urea groups is 1. The third kappa shape index (κ3) is 6.39. The number of piperidine rings is 1. The van der Waals surface area contributed by atoms with Crippen LogP contribution in [0.5, 0.6) is 0 Å². The van der Waals surface area contributed by atoms with Crippen LogP contribution in [-0.2, 0) is 11.2 Å². The molecule has 1 fully saturated rings. The lowest BCUT2D eigenvalue weighted by atomic mass is 10.0. The van der Waals surface area contributed by atoms with Crippen LogP contribution < -0.4 is 16.0 Å². The summed E-state index contributed by atoms with van der Waals surface area (Å²) in [5.74, 6) is -0.234. The molecule has 1 aromatic heterocycles. The fourth-order valence-corrected chi connectivity index (χ4v) is 4.32. The highest BCUT2D eigenvalue weighted by Crippen LogP contribution is 2.19. The molecule has 170 valence electrons. The van der Waals surface area contributed by atoms with Crippen LogP contribution in [0.4, 0.5) is 15.6 Å². The molecular weight excluding hydrogens is 438 g/mol. The lowest BCUT2D eigenvalue weighted by molar-refractivity contribution is -0.131. The molecule has 4 rings (SSSR count). The van der Waals surface area contributed by atoms with Crippen molar-refractivity contribution in [1.29, 1.82) is 0 Å². The second-order valence-electron chi connectivity index (χ2n) is 7.76. The maximum atomic E-state index is 12.7. The summed E-state index contributed by atoms with van der Waals surface area (Å²) in [6.07, 6.45) is 1.58. The lowest BCUT2D eigenvalue weighted by Gasteiger charge is -2.32. The Bertz CT molecular complexity index is 1100. The molecule has 4 amide bonds. The zero-order chi connectivity index (χ0) is 23.0. The number of rotatable bonds is 6. The molecule has 1 aliphatic rings. The predicted molar refractivity (Wildman–Crippen MR) is 128 cm³/mol. The predicted octanol–water partition coefficient (Wildman–Crippen LogP) is 3.75. The largest absolute Gasteiger partial charge is 0.342 e. The highest BCUT2D eigenvalue weighted by atomic mass is 32.1. The van der Waals surface area contributed by atoms with Gasteiger partial charge in [-0.15, -0.1) is 11.3 Å². The molecule has 1 aliphatic heterocycles. The van der Waals surface area contributed by atoms with E-state index >= 15 is 0 Å². The van der Waals surface area contributed by atoms with Crippen molar-refractivity contribution in [3.05, 3.63) is 77.3 Å². The fourth-order valence-electron chi connectivity index (χ4n) is 3.62. The number of nitrogens with one attached hydrogen (secondary N) is 3. The first-order valence-corrected chi connectivity index (χ1v) is 11.7. The van der Waals surface area contributed by atoms with Crippen LogP contribution in [-0.4, -0.2) is 46.9 Å². The Balaban J connectivity index is 1.21. The molecule has 8 nitrogen and oxygen atoms in total. The normalized spacial score (nSPS) is 13.9. The van der Waals surface area contributed by atoms with Crippen molar-refractivity contribution in [2.45, 2.75) is 25.3 Å². The minimum atomic E-state index is -0.237. The smallest absolute Gasteiger partial charge is 0.319 e. The molecule has 0 atom stereocenters. The standard InChI is InChI=1S/C24H25N5O3S/c30-21(15-20-16-33-24(27-20)28-22(31)17-7-3-1-4-8-17)29-13-11-19(12-14-29)26-23(32)25-18-9-5-2-6-10-18/h1-10,16,19H,11-15H2,(H2,25,26,32)(H,27,28,31). The SMILES string of the molecule is O=C(Nc1ccccc1)NC1CCN(C(=O)Cc2csc(NC(=O)c3ccccc3)n2)CC1. The number of carbonyl (C=O) groups is 3. The molecule has 0 bridgehead atoms. The Morgan fingerprint density at radius 1 is 0.939 bits per heavy atom. The van der Waals surface area contributed by atoms with Gasteiger partial charge in [-0.25, -0.2) is 9.78 Å². The first-order valence-electron chi connectivity index (χ1n) is 10.8. The van der Waals surface area contributed by atoms with Gasteiger partial charge >= 0.3 is 6.03 Å². The summed E-state index contributed by atoms with van der Waals surface area (Å²) in [7, 11) is 0. The molecule has 0 unspecified atom stereocenters. The van der Waals surface area contributed by atoms with E-state index in [0.29, 0.717) is 42.3 Å². The van der Waals surface area contributed by atoms with Crippen molar-refractivity contribution >= 4 is 40.0 Å². The zero-order valence-electron chi connectivity index (χ0n) is 18.0. The Morgan fingerprint density at radius 3 is 2.30 bits per heavy atom. The number of hydrogen-bond acceptors (Lipinski definition) is 5. The van der Waals surface area contributed by atoms with E-state index in [9.17, 15) is 14.4 Å². The van der Waals surface area contributed by atoms with Crippen LogP contribution in [0, 0.1) is 0 Å². The first kappa shape index (κ1) is 22.5. The minimum absolute atomic E-state index is 0.00609. The molecule has 0 aliphatic carbocycles. The molecule has 9 heteroatoms. The average Bonchev–Trinajstić information content (AvgIpc) is 3.27. The summed E-state index contributed by atoms with van der Waals surface area (Å²) in [4.78, 5) is 43.3. The summed E-state index contributed by atoms with van der Waals surface area (Å²) in [5.41, 5.74) is 1.93. The molecule has 2 aromatic carbocycles. The molecule has 3 aromatic rings. The van der Waals surface area contributed by atoms with Crippen LogP contribution >= 0.6 is 11.3 Å². The monoisotopic (exact) mass is 463 g/mol. The van der Waals surface area contributed by atoms with Gasteiger partial charge in [0.2, 0.25) is 5.91 Å². The number of thiazole rings is 1. The summed E-state index contributed by atoms with van der Waals surface area (Å²) in [6.45, 7) is 1.16. The van der Waals surface area contributed by atoms with Gasteiger partial charge in [0.25, 0.3) is 5.91 Å². The number of nitrogens with zero attached hydrogens (tertiary/aromatic N) is 2. The van der Waals surface area contributed by atoms with Gasteiger partial charge in [0.05, 0.1) is 12.1 Å². The van der Waals surface area contributed by atoms with E-state index in [4.69, 9.17) is 0 Å². The molecule has 0 saturated carbocycles. The van der Waals surface area contributed by atoms with Crippen LogP contribution in [0.3, 0.4) is 0 Å². The van der Waals surface area contributed by atoms with Gasteiger partial charge < -0.3 is 15.5 Å².